The molecule has 0 bridgehead atoms. The quantitative estimate of drug-likeness (QED) is 0.683. The molecule has 0 saturated carbocycles. The minimum absolute atomic E-state index is 0.0422. The molecule has 0 aliphatic rings. The van der Waals surface area contributed by atoms with Crippen LogP contribution in [0.5, 0.6) is 0 Å². The van der Waals surface area contributed by atoms with E-state index >= 15 is 0 Å². The molecule has 1 aromatic heterocycles. The molecule has 1 aromatic carbocycles. The lowest BCUT2D eigenvalue weighted by atomic mass is 10.3. The molecular weight excluding hydrogens is 334 g/mol. The van der Waals surface area contributed by atoms with Crippen molar-refractivity contribution in [3.05, 3.63) is 58.1 Å². The van der Waals surface area contributed by atoms with Gasteiger partial charge in [-0.05, 0) is 30.3 Å². The molecule has 2 aromatic rings. The van der Waals surface area contributed by atoms with Gasteiger partial charge < -0.3 is 10.1 Å². The average Bonchev–Trinajstić information content (AvgIpc) is 2.47. The number of hydrogen-bond donors (Lipinski definition) is 1. The molecule has 0 fully saturated rings. The van der Waals surface area contributed by atoms with Crippen LogP contribution in [0.4, 0.5) is 10.1 Å². The fraction of sp³-hybridized carbons (Fsp3) is 0.0714. The van der Waals surface area contributed by atoms with Crippen LogP contribution in [0.3, 0.4) is 0 Å². The molecule has 0 aliphatic carbocycles. The Bertz CT molecular complexity index is 725. The van der Waals surface area contributed by atoms with Crippen molar-refractivity contribution in [1.29, 1.82) is 0 Å². The van der Waals surface area contributed by atoms with Crippen molar-refractivity contribution in [2.75, 3.05) is 11.9 Å². The normalized spacial score (nSPS) is 10.1. The topological polar surface area (TPSA) is 68.3 Å². The first-order valence-corrected chi connectivity index (χ1v) is 6.75. The Morgan fingerprint density at radius 2 is 2.00 bits per heavy atom. The summed E-state index contributed by atoms with van der Waals surface area (Å²) in [6.45, 7) is -0.521. The maximum Gasteiger partial charge on any atom is 0.338 e. The molecule has 114 valence electrons. The minimum atomic E-state index is -0.718. The number of carbonyl (C=O) groups is 2. The Hall–Kier alpha value is -2.18. The lowest BCUT2D eigenvalue weighted by molar-refractivity contribution is -0.119. The summed E-state index contributed by atoms with van der Waals surface area (Å²) in [6, 6.07) is 6.23. The molecule has 8 heteroatoms. The number of anilines is 1. The second-order valence-corrected chi connectivity index (χ2v) is 4.91. The highest BCUT2D eigenvalue weighted by atomic mass is 35.5. The van der Waals surface area contributed by atoms with Crippen LogP contribution >= 0.6 is 23.2 Å². The van der Waals surface area contributed by atoms with E-state index in [4.69, 9.17) is 27.9 Å². The standard InChI is InChI=1S/C14H9Cl2FN2O3/c15-10-6-9(17)1-2-11(10)19-13(20)7-22-14(21)8-3-4-18-12(16)5-8/h1-6H,7H2,(H,19,20). The molecule has 0 radical (unpaired) electrons. The van der Waals surface area contributed by atoms with Crippen molar-refractivity contribution < 1.29 is 18.7 Å². The molecule has 22 heavy (non-hydrogen) atoms. The number of hydrogen-bond acceptors (Lipinski definition) is 4. The van der Waals surface area contributed by atoms with Gasteiger partial charge in [0.05, 0.1) is 16.3 Å². The highest BCUT2D eigenvalue weighted by Gasteiger charge is 2.12. The van der Waals surface area contributed by atoms with E-state index in [1.807, 2.05) is 0 Å². The summed E-state index contributed by atoms with van der Waals surface area (Å²) in [5.41, 5.74) is 0.392. The van der Waals surface area contributed by atoms with E-state index in [9.17, 15) is 14.0 Å². The van der Waals surface area contributed by atoms with Crippen LogP contribution < -0.4 is 5.32 Å². The van der Waals surface area contributed by atoms with Crippen LogP contribution in [-0.4, -0.2) is 23.5 Å². The Labute approximate surface area is 135 Å². The summed E-state index contributed by atoms with van der Waals surface area (Å²) in [7, 11) is 0. The number of amides is 1. The monoisotopic (exact) mass is 342 g/mol. The Balaban J connectivity index is 1.91. The van der Waals surface area contributed by atoms with Gasteiger partial charge in [0.2, 0.25) is 0 Å². The number of pyridine rings is 1. The van der Waals surface area contributed by atoms with Gasteiger partial charge in [-0.2, -0.15) is 0 Å². The van der Waals surface area contributed by atoms with Crippen LogP contribution in [0.25, 0.3) is 0 Å². The molecule has 0 saturated heterocycles. The summed E-state index contributed by atoms with van der Waals surface area (Å²) in [5, 5.41) is 2.58. The number of esters is 1. The molecule has 2 rings (SSSR count). The molecule has 5 nitrogen and oxygen atoms in total. The predicted molar refractivity (Wildman–Crippen MR) is 79.6 cm³/mol. The third-order valence-corrected chi connectivity index (χ3v) is 3.02. The van der Waals surface area contributed by atoms with E-state index in [2.05, 4.69) is 10.3 Å². The molecule has 1 heterocycles. The average molecular weight is 343 g/mol. The van der Waals surface area contributed by atoms with E-state index in [0.717, 1.165) is 12.1 Å². The van der Waals surface area contributed by atoms with Crippen LogP contribution in [0.15, 0.2) is 36.5 Å². The fourth-order valence-electron chi connectivity index (χ4n) is 1.52. The van der Waals surface area contributed by atoms with Crippen molar-refractivity contribution in [3.63, 3.8) is 0 Å². The lowest BCUT2D eigenvalue weighted by Crippen LogP contribution is -2.21. The molecule has 0 unspecified atom stereocenters. The van der Waals surface area contributed by atoms with Gasteiger partial charge in [0.15, 0.2) is 6.61 Å². The van der Waals surface area contributed by atoms with Crippen molar-refractivity contribution in [1.82, 2.24) is 4.98 Å². The first-order valence-electron chi connectivity index (χ1n) is 5.99. The molecular formula is C14H9Cl2FN2O3. The van der Waals surface area contributed by atoms with E-state index in [1.165, 1.54) is 24.4 Å². The van der Waals surface area contributed by atoms with Crippen molar-refractivity contribution in [2.24, 2.45) is 0 Å². The van der Waals surface area contributed by atoms with Crippen molar-refractivity contribution in [3.8, 4) is 0 Å². The maximum absolute atomic E-state index is 12.9. The Kier molecular flexibility index (Phi) is 5.30. The first kappa shape index (κ1) is 16.2. The maximum atomic E-state index is 12.9. The van der Waals surface area contributed by atoms with Crippen LogP contribution in [0.2, 0.25) is 10.2 Å². The molecule has 1 amide bonds. The predicted octanol–water partition coefficient (Wildman–Crippen LogP) is 3.32. The second-order valence-electron chi connectivity index (χ2n) is 4.12. The van der Waals surface area contributed by atoms with Gasteiger partial charge >= 0.3 is 5.97 Å². The summed E-state index contributed by atoms with van der Waals surface area (Å²) < 4.78 is 17.7. The number of ether oxygens (including phenoxy) is 1. The summed E-state index contributed by atoms with van der Waals surface area (Å²) in [6.07, 6.45) is 1.34. The van der Waals surface area contributed by atoms with Gasteiger partial charge in [-0.25, -0.2) is 14.2 Å². The number of nitrogens with one attached hydrogen (secondary N) is 1. The Morgan fingerprint density at radius 1 is 1.23 bits per heavy atom. The van der Waals surface area contributed by atoms with E-state index in [1.54, 1.807) is 0 Å². The largest absolute Gasteiger partial charge is 0.452 e. The minimum Gasteiger partial charge on any atom is -0.452 e. The number of halogens is 3. The van der Waals surface area contributed by atoms with Gasteiger partial charge in [0.25, 0.3) is 5.91 Å². The number of aromatic nitrogens is 1. The van der Waals surface area contributed by atoms with E-state index in [-0.39, 0.29) is 21.4 Å². The summed E-state index contributed by atoms with van der Waals surface area (Å²) in [4.78, 5) is 27.1. The zero-order valence-electron chi connectivity index (χ0n) is 11.0. The van der Waals surface area contributed by atoms with Gasteiger partial charge in [-0.15, -0.1) is 0 Å². The summed E-state index contributed by atoms with van der Waals surface area (Å²) in [5.74, 6) is -1.85. The smallest absolute Gasteiger partial charge is 0.338 e. The van der Waals surface area contributed by atoms with Crippen molar-refractivity contribution >= 4 is 40.8 Å². The lowest BCUT2D eigenvalue weighted by Gasteiger charge is -2.08. The van der Waals surface area contributed by atoms with Gasteiger partial charge in [0, 0.05) is 6.20 Å². The highest BCUT2D eigenvalue weighted by Crippen LogP contribution is 2.22. The number of benzene rings is 1. The third-order valence-electron chi connectivity index (χ3n) is 2.50. The van der Waals surface area contributed by atoms with Crippen LogP contribution in [0.1, 0.15) is 10.4 Å². The van der Waals surface area contributed by atoms with Crippen molar-refractivity contribution in [2.45, 2.75) is 0 Å². The third kappa shape index (κ3) is 4.41. The van der Waals surface area contributed by atoms with Crippen LogP contribution in [0, 0.1) is 5.82 Å². The van der Waals surface area contributed by atoms with Gasteiger partial charge in [0.1, 0.15) is 11.0 Å². The van der Waals surface area contributed by atoms with E-state index < -0.39 is 24.3 Å². The van der Waals surface area contributed by atoms with Gasteiger partial charge in [-0.3, -0.25) is 4.79 Å². The highest BCUT2D eigenvalue weighted by molar-refractivity contribution is 6.33. The molecule has 1 N–H and O–H groups in total. The molecule has 0 spiro atoms. The summed E-state index contributed by atoms with van der Waals surface area (Å²) >= 11 is 11.4. The second kappa shape index (κ2) is 7.20. The van der Waals surface area contributed by atoms with Crippen LogP contribution in [-0.2, 0) is 9.53 Å². The van der Waals surface area contributed by atoms with Gasteiger partial charge in [-0.1, -0.05) is 23.2 Å². The zero-order chi connectivity index (χ0) is 16.1. The number of rotatable bonds is 4. The molecule has 0 aliphatic heterocycles. The first-order chi connectivity index (χ1) is 10.5. The SMILES string of the molecule is O=C(COC(=O)c1ccnc(Cl)c1)Nc1ccc(F)cc1Cl. The Morgan fingerprint density at radius 3 is 2.68 bits per heavy atom. The number of carbonyl (C=O) groups excluding carboxylic acids is 2. The van der Waals surface area contributed by atoms with E-state index in [0.29, 0.717) is 0 Å². The zero-order valence-corrected chi connectivity index (χ0v) is 12.5. The molecule has 0 atom stereocenters. The fourth-order valence-corrected chi connectivity index (χ4v) is 1.91. The number of nitrogens with zero attached hydrogens (tertiary/aromatic N) is 1.